The minimum atomic E-state index is -3.75. The molecule has 0 fully saturated rings. The number of nitrogens with two attached hydrogens (primary N) is 1. The van der Waals surface area contributed by atoms with Crippen LogP contribution in [0.1, 0.15) is 0 Å². The van der Waals surface area contributed by atoms with Gasteiger partial charge in [0.1, 0.15) is 0 Å². The Balaban J connectivity index is 2.21. The van der Waals surface area contributed by atoms with E-state index in [2.05, 4.69) is 5.32 Å². The molecule has 0 saturated heterocycles. The average molecular weight is 278 g/mol. The fraction of sp³-hybridized carbons (Fsp3) is 0. The molecule has 0 aromatic heterocycles. The molecule has 1 aliphatic carbocycles. The fourth-order valence-electron chi connectivity index (χ4n) is 1.49. The maximum Gasteiger partial charge on any atom is 0.238 e. The topological polar surface area (TPSA) is 106 Å². The van der Waals surface area contributed by atoms with Crippen molar-refractivity contribution in [2.24, 2.45) is 5.14 Å². The summed E-state index contributed by atoms with van der Waals surface area (Å²) in [6, 6.07) is 5.53. The van der Waals surface area contributed by atoms with Gasteiger partial charge in [-0.25, -0.2) is 13.6 Å². The number of ketones is 2. The molecule has 0 radical (unpaired) electrons. The third-order valence-corrected chi connectivity index (χ3v) is 3.34. The van der Waals surface area contributed by atoms with E-state index in [-0.39, 0.29) is 22.2 Å². The first-order valence-electron chi connectivity index (χ1n) is 5.24. The van der Waals surface area contributed by atoms with Gasteiger partial charge in [-0.2, -0.15) is 0 Å². The molecule has 0 atom stereocenters. The molecule has 0 aliphatic heterocycles. The molecular weight excluding hydrogens is 268 g/mol. The predicted octanol–water partition coefficient (Wildman–Crippen LogP) is 0.338. The molecule has 0 bridgehead atoms. The lowest BCUT2D eigenvalue weighted by Gasteiger charge is -2.10. The summed E-state index contributed by atoms with van der Waals surface area (Å²) < 4.78 is 22.1. The summed E-state index contributed by atoms with van der Waals surface area (Å²) in [6.45, 7) is 0. The van der Waals surface area contributed by atoms with Crippen LogP contribution in [-0.4, -0.2) is 20.0 Å². The largest absolute Gasteiger partial charge is 0.352 e. The van der Waals surface area contributed by atoms with Crippen molar-refractivity contribution in [1.82, 2.24) is 0 Å². The number of allylic oxidation sites excluding steroid dienone is 3. The molecule has 6 nitrogen and oxygen atoms in total. The van der Waals surface area contributed by atoms with Crippen LogP contribution in [0.4, 0.5) is 5.69 Å². The van der Waals surface area contributed by atoms with Gasteiger partial charge in [-0.15, -0.1) is 0 Å². The number of benzene rings is 1. The summed E-state index contributed by atoms with van der Waals surface area (Å²) in [5.41, 5.74) is 0.617. The molecule has 0 heterocycles. The molecule has 0 unspecified atom stereocenters. The van der Waals surface area contributed by atoms with Gasteiger partial charge in [-0.1, -0.05) is 0 Å². The first kappa shape index (κ1) is 13.2. The zero-order valence-electron chi connectivity index (χ0n) is 9.66. The number of primary sulfonamides is 1. The third kappa shape index (κ3) is 3.15. The molecule has 19 heavy (non-hydrogen) atoms. The molecule has 1 aliphatic rings. The van der Waals surface area contributed by atoms with Crippen molar-refractivity contribution in [1.29, 1.82) is 0 Å². The van der Waals surface area contributed by atoms with Gasteiger partial charge >= 0.3 is 0 Å². The van der Waals surface area contributed by atoms with Crippen LogP contribution in [-0.2, 0) is 19.6 Å². The van der Waals surface area contributed by atoms with E-state index in [4.69, 9.17) is 5.14 Å². The normalized spacial score (nSPS) is 15.3. The SMILES string of the molecule is NS(=O)(=O)c1ccc(NC2=CC(=O)C=CC2=O)cc1. The Morgan fingerprint density at radius 2 is 1.63 bits per heavy atom. The van der Waals surface area contributed by atoms with E-state index in [0.717, 1.165) is 0 Å². The Morgan fingerprint density at radius 1 is 1.00 bits per heavy atom. The summed E-state index contributed by atoms with van der Waals surface area (Å²) >= 11 is 0. The van der Waals surface area contributed by atoms with E-state index in [9.17, 15) is 18.0 Å². The van der Waals surface area contributed by atoms with E-state index in [1.54, 1.807) is 0 Å². The van der Waals surface area contributed by atoms with Crippen LogP contribution in [0.25, 0.3) is 0 Å². The van der Waals surface area contributed by atoms with Crippen LogP contribution in [0.2, 0.25) is 0 Å². The van der Waals surface area contributed by atoms with E-state index in [0.29, 0.717) is 5.69 Å². The molecule has 0 amide bonds. The third-order valence-electron chi connectivity index (χ3n) is 2.41. The van der Waals surface area contributed by atoms with Gasteiger partial charge in [0, 0.05) is 11.8 Å². The summed E-state index contributed by atoms with van der Waals surface area (Å²) in [6.07, 6.45) is 3.52. The number of hydrogen-bond acceptors (Lipinski definition) is 5. The molecule has 0 saturated carbocycles. The van der Waals surface area contributed by atoms with Crippen LogP contribution < -0.4 is 10.5 Å². The molecule has 1 aromatic rings. The van der Waals surface area contributed by atoms with Gasteiger partial charge in [-0.05, 0) is 36.4 Å². The number of carbonyl (C=O) groups excluding carboxylic acids is 2. The number of carbonyl (C=O) groups is 2. The van der Waals surface area contributed by atoms with Gasteiger partial charge in [0.05, 0.1) is 10.6 Å². The number of nitrogens with one attached hydrogen (secondary N) is 1. The minimum absolute atomic E-state index is 0.0297. The van der Waals surface area contributed by atoms with Crippen molar-refractivity contribution in [2.75, 3.05) is 5.32 Å². The molecule has 1 aromatic carbocycles. The van der Waals surface area contributed by atoms with Crippen molar-refractivity contribution in [3.8, 4) is 0 Å². The quantitative estimate of drug-likeness (QED) is 0.775. The van der Waals surface area contributed by atoms with Crippen LogP contribution in [0.15, 0.2) is 53.1 Å². The van der Waals surface area contributed by atoms with Crippen LogP contribution in [0.5, 0.6) is 0 Å². The summed E-state index contributed by atoms with van der Waals surface area (Å²) in [5.74, 6) is -0.613. The Bertz CT molecular complexity index is 700. The highest BCUT2D eigenvalue weighted by atomic mass is 32.2. The van der Waals surface area contributed by atoms with Crippen LogP contribution in [0.3, 0.4) is 0 Å². The Hall–Kier alpha value is -2.25. The van der Waals surface area contributed by atoms with Crippen molar-refractivity contribution < 1.29 is 18.0 Å². The molecule has 3 N–H and O–H groups in total. The Labute approximate surface area is 109 Å². The first-order chi connectivity index (χ1) is 8.86. The smallest absolute Gasteiger partial charge is 0.238 e. The second-order valence-corrected chi connectivity index (χ2v) is 5.41. The van der Waals surface area contributed by atoms with Crippen molar-refractivity contribution >= 4 is 27.3 Å². The zero-order valence-corrected chi connectivity index (χ0v) is 10.5. The Kier molecular flexibility index (Phi) is 3.32. The maximum absolute atomic E-state index is 11.5. The first-order valence-corrected chi connectivity index (χ1v) is 6.79. The van der Waals surface area contributed by atoms with Crippen LogP contribution in [0, 0.1) is 0 Å². The van der Waals surface area contributed by atoms with Crippen LogP contribution >= 0.6 is 0 Å². The number of sulfonamides is 1. The van der Waals surface area contributed by atoms with Gasteiger partial charge < -0.3 is 5.32 Å². The molecule has 2 rings (SSSR count). The highest BCUT2D eigenvalue weighted by Crippen LogP contribution is 2.16. The molecule has 98 valence electrons. The van der Waals surface area contributed by atoms with Crippen molar-refractivity contribution in [3.63, 3.8) is 0 Å². The maximum atomic E-state index is 11.5. The van der Waals surface area contributed by atoms with Gasteiger partial charge in [0.15, 0.2) is 5.78 Å². The number of anilines is 1. The van der Waals surface area contributed by atoms with E-state index < -0.39 is 10.0 Å². The number of hydrogen-bond donors (Lipinski definition) is 2. The summed E-state index contributed by atoms with van der Waals surface area (Å²) in [7, 11) is -3.75. The van der Waals surface area contributed by atoms with Gasteiger partial charge in [0.25, 0.3) is 0 Å². The average Bonchev–Trinajstić information content (AvgIpc) is 2.33. The monoisotopic (exact) mass is 278 g/mol. The molecule has 0 spiro atoms. The lowest BCUT2D eigenvalue weighted by Crippen LogP contribution is -2.15. The highest BCUT2D eigenvalue weighted by molar-refractivity contribution is 7.89. The van der Waals surface area contributed by atoms with Gasteiger partial charge in [0.2, 0.25) is 15.8 Å². The predicted molar refractivity (Wildman–Crippen MR) is 68.7 cm³/mol. The lowest BCUT2D eigenvalue weighted by molar-refractivity contribution is -0.114. The van der Waals surface area contributed by atoms with E-state index in [1.165, 1.54) is 42.5 Å². The summed E-state index contributed by atoms with van der Waals surface area (Å²) in [4.78, 5) is 22.6. The lowest BCUT2D eigenvalue weighted by atomic mass is 10.1. The van der Waals surface area contributed by atoms with Crippen molar-refractivity contribution in [3.05, 3.63) is 48.2 Å². The standard InChI is InChI=1S/C12H10N2O4S/c13-19(17,18)10-4-1-8(2-5-10)14-11-7-9(15)3-6-12(11)16/h1-7,14H,(H2,13,17,18). The second kappa shape index (κ2) is 4.79. The Morgan fingerprint density at radius 3 is 2.21 bits per heavy atom. The second-order valence-electron chi connectivity index (χ2n) is 3.85. The van der Waals surface area contributed by atoms with E-state index in [1.807, 2.05) is 0 Å². The van der Waals surface area contributed by atoms with E-state index >= 15 is 0 Å². The van der Waals surface area contributed by atoms with Gasteiger partial charge in [-0.3, -0.25) is 9.59 Å². The molecular formula is C12H10N2O4S. The zero-order chi connectivity index (χ0) is 14.0. The molecule has 7 heteroatoms. The minimum Gasteiger partial charge on any atom is -0.352 e. The number of rotatable bonds is 3. The summed E-state index contributed by atoms with van der Waals surface area (Å²) in [5, 5.41) is 7.71. The van der Waals surface area contributed by atoms with Crippen molar-refractivity contribution in [2.45, 2.75) is 4.90 Å². The highest BCUT2D eigenvalue weighted by Gasteiger charge is 2.13. The fourth-order valence-corrected chi connectivity index (χ4v) is 2.01.